The minimum Gasteiger partial charge on any atom is -0.387 e. The molecular formula is C13H18F3NO3S. The van der Waals surface area contributed by atoms with Gasteiger partial charge in [-0.3, -0.25) is 0 Å². The summed E-state index contributed by atoms with van der Waals surface area (Å²) in [6, 6.07) is 4.19. The Morgan fingerprint density at radius 3 is 2.57 bits per heavy atom. The summed E-state index contributed by atoms with van der Waals surface area (Å²) in [7, 11) is -3.52. The van der Waals surface area contributed by atoms with Crippen LogP contribution < -0.4 is 4.72 Å². The fourth-order valence-corrected chi connectivity index (χ4v) is 2.88. The number of sulfonamides is 1. The third-order valence-electron chi connectivity index (χ3n) is 2.86. The molecule has 0 heterocycles. The van der Waals surface area contributed by atoms with Gasteiger partial charge in [0.05, 0.1) is 17.4 Å². The fourth-order valence-electron chi connectivity index (χ4n) is 1.65. The lowest BCUT2D eigenvalue weighted by atomic mass is 10.1. The van der Waals surface area contributed by atoms with Crippen molar-refractivity contribution in [1.29, 1.82) is 0 Å². The zero-order valence-electron chi connectivity index (χ0n) is 11.5. The van der Waals surface area contributed by atoms with Crippen LogP contribution in [0.25, 0.3) is 0 Å². The van der Waals surface area contributed by atoms with Crippen LogP contribution in [0.1, 0.15) is 37.0 Å². The van der Waals surface area contributed by atoms with E-state index in [1.165, 1.54) is 12.1 Å². The van der Waals surface area contributed by atoms with Gasteiger partial charge in [0.25, 0.3) is 0 Å². The first-order valence-electron chi connectivity index (χ1n) is 6.48. The number of benzene rings is 1. The van der Waals surface area contributed by atoms with Gasteiger partial charge < -0.3 is 5.11 Å². The van der Waals surface area contributed by atoms with Crippen LogP contribution in [0, 0.1) is 0 Å². The van der Waals surface area contributed by atoms with E-state index < -0.39 is 27.9 Å². The van der Waals surface area contributed by atoms with Crippen molar-refractivity contribution >= 4 is 10.0 Å². The lowest BCUT2D eigenvalue weighted by Gasteiger charge is -2.14. The van der Waals surface area contributed by atoms with Gasteiger partial charge in [-0.1, -0.05) is 25.5 Å². The molecular weight excluding hydrogens is 307 g/mol. The van der Waals surface area contributed by atoms with Crippen molar-refractivity contribution in [3.63, 3.8) is 0 Å². The monoisotopic (exact) mass is 325 g/mol. The highest BCUT2D eigenvalue weighted by Crippen LogP contribution is 2.30. The quantitative estimate of drug-likeness (QED) is 0.809. The molecule has 4 nitrogen and oxygen atoms in total. The molecule has 1 aromatic rings. The molecule has 21 heavy (non-hydrogen) atoms. The maximum Gasteiger partial charge on any atom is 0.416 e. The number of hydrogen-bond donors (Lipinski definition) is 2. The molecule has 1 unspecified atom stereocenters. The van der Waals surface area contributed by atoms with Crippen LogP contribution in [0.15, 0.2) is 24.3 Å². The van der Waals surface area contributed by atoms with E-state index in [1.807, 2.05) is 6.92 Å². The standard InChI is InChI=1S/C13H18F3NO3S/c1-2-3-7-21(19,20)17-9-12(18)10-5-4-6-11(8-10)13(14,15)16/h4-6,8,12,17-18H,2-3,7,9H2,1H3. The molecule has 0 aliphatic rings. The van der Waals surface area contributed by atoms with E-state index >= 15 is 0 Å². The van der Waals surface area contributed by atoms with Crippen molar-refractivity contribution in [2.45, 2.75) is 32.0 Å². The first-order valence-corrected chi connectivity index (χ1v) is 8.13. The van der Waals surface area contributed by atoms with Crippen molar-refractivity contribution in [3.05, 3.63) is 35.4 Å². The Labute approximate surface area is 122 Å². The predicted octanol–water partition coefficient (Wildman–Crippen LogP) is 2.46. The summed E-state index contributed by atoms with van der Waals surface area (Å²) in [6.07, 6.45) is -4.65. The Bertz CT molecular complexity index is 558. The normalized spacial score (nSPS) is 14.1. The largest absolute Gasteiger partial charge is 0.416 e. The molecule has 1 rings (SSSR count). The number of unbranched alkanes of at least 4 members (excludes halogenated alkanes) is 1. The van der Waals surface area contributed by atoms with Gasteiger partial charge >= 0.3 is 6.18 Å². The van der Waals surface area contributed by atoms with Gasteiger partial charge in [-0.25, -0.2) is 13.1 Å². The van der Waals surface area contributed by atoms with Crippen LogP contribution in [0.5, 0.6) is 0 Å². The first-order chi connectivity index (χ1) is 9.65. The Morgan fingerprint density at radius 2 is 2.00 bits per heavy atom. The highest BCUT2D eigenvalue weighted by molar-refractivity contribution is 7.89. The fraction of sp³-hybridized carbons (Fsp3) is 0.538. The van der Waals surface area contributed by atoms with E-state index in [0.717, 1.165) is 12.1 Å². The maximum atomic E-state index is 12.6. The van der Waals surface area contributed by atoms with Gasteiger partial charge in [-0.15, -0.1) is 0 Å². The Hall–Kier alpha value is -1.12. The topological polar surface area (TPSA) is 66.4 Å². The van der Waals surface area contributed by atoms with Gasteiger partial charge in [0, 0.05) is 6.54 Å². The summed E-state index contributed by atoms with van der Waals surface area (Å²) < 4.78 is 62.9. The van der Waals surface area contributed by atoms with Crippen molar-refractivity contribution in [2.75, 3.05) is 12.3 Å². The van der Waals surface area contributed by atoms with E-state index in [-0.39, 0.29) is 17.9 Å². The first kappa shape index (κ1) is 17.9. The van der Waals surface area contributed by atoms with E-state index in [0.29, 0.717) is 12.8 Å². The second kappa shape index (κ2) is 7.24. The van der Waals surface area contributed by atoms with Crippen LogP contribution in [-0.2, 0) is 16.2 Å². The van der Waals surface area contributed by atoms with Crippen molar-refractivity contribution in [1.82, 2.24) is 4.72 Å². The van der Waals surface area contributed by atoms with E-state index in [4.69, 9.17) is 0 Å². The molecule has 0 spiro atoms. The number of halogens is 3. The number of nitrogens with one attached hydrogen (secondary N) is 1. The molecule has 0 aliphatic carbocycles. The van der Waals surface area contributed by atoms with Crippen LogP contribution in [0.2, 0.25) is 0 Å². The minimum absolute atomic E-state index is 0.0167. The third-order valence-corrected chi connectivity index (χ3v) is 4.29. The number of aliphatic hydroxyl groups excluding tert-OH is 1. The highest BCUT2D eigenvalue weighted by atomic mass is 32.2. The number of alkyl halides is 3. The molecule has 0 aliphatic heterocycles. The summed E-state index contributed by atoms with van der Waals surface area (Å²) >= 11 is 0. The van der Waals surface area contributed by atoms with Gasteiger partial charge in [0.15, 0.2) is 0 Å². The zero-order valence-corrected chi connectivity index (χ0v) is 12.3. The number of aliphatic hydroxyl groups is 1. The summed E-state index contributed by atoms with van der Waals surface area (Å²) in [5, 5.41) is 9.81. The molecule has 0 radical (unpaired) electrons. The van der Waals surface area contributed by atoms with Crippen molar-refractivity contribution < 1.29 is 26.7 Å². The average Bonchev–Trinajstić information content (AvgIpc) is 2.42. The second-order valence-corrected chi connectivity index (χ2v) is 6.59. The number of hydrogen-bond acceptors (Lipinski definition) is 3. The lowest BCUT2D eigenvalue weighted by molar-refractivity contribution is -0.137. The Morgan fingerprint density at radius 1 is 1.33 bits per heavy atom. The number of rotatable bonds is 7. The summed E-state index contributed by atoms with van der Waals surface area (Å²) in [4.78, 5) is 0. The molecule has 0 fully saturated rings. The van der Waals surface area contributed by atoms with Gasteiger partial charge in [-0.2, -0.15) is 13.2 Å². The molecule has 1 aromatic carbocycles. The van der Waals surface area contributed by atoms with Crippen LogP contribution >= 0.6 is 0 Å². The van der Waals surface area contributed by atoms with E-state index in [2.05, 4.69) is 4.72 Å². The molecule has 2 N–H and O–H groups in total. The van der Waals surface area contributed by atoms with Crippen molar-refractivity contribution in [2.24, 2.45) is 0 Å². The maximum absolute atomic E-state index is 12.6. The summed E-state index contributed by atoms with van der Waals surface area (Å²) in [5.41, 5.74) is -0.865. The average molecular weight is 325 g/mol. The third kappa shape index (κ3) is 6.03. The molecule has 0 amide bonds. The Balaban J connectivity index is 2.70. The summed E-state index contributed by atoms with van der Waals surface area (Å²) in [5.74, 6) is -0.0706. The van der Waals surface area contributed by atoms with Crippen LogP contribution in [0.3, 0.4) is 0 Å². The second-order valence-electron chi connectivity index (χ2n) is 4.66. The molecule has 0 aromatic heterocycles. The van der Waals surface area contributed by atoms with Crippen LogP contribution in [-0.4, -0.2) is 25.8 Å². The SMILES string of the molecule is CCCCS(=O)(=O)NCC(O)c1cccc(C(F)(F)F)c1. The van der Waals surface area contributed by atoms with Crippen molar-refractivity contribution in [3.8, 4) is 0 Å². The Kier molecular flexibility index (Phi) is 6.18. The molecule has 0 bridgehead atoms. The van der Waals surface area contributed by atoms with E-state index in [1.54, 1.807) is 0 Å². The highest BCUT2D eigenvalue weighted by Gasteiger charge is 2.30. The molecule has 8 heteroatoms. The van der Waals surface area contributed by atoms with Gasteiger partial charge in [0.2, 0.25) is 10.0 Å². The lowest BCUT2D eigenvalue weighted by Crippen LogP contribution is -2.30. The van der Waals surface area contributed by atoms with Gasteiger partial charge in [-0.05, 0) is 24.1 Å². The zero-order chi connectivity index (χ0) is 16.1. The molecule has 120 valence electrons. The van der Waals surface area contributed by atoms with E-state index in [9.17, 15) is 26.7 Å². The van der Waals surface area contributed by atoms with Crippen LogP contribution in [0.4, 0.5) is 13.2 Å². The minimum atomic E-state index is -4.50. The van der Waals surface area contributed by atoms with Gasteiger partial charge in [0.1, 0.15) is 0 Å². The summed E-state index contributed by atoms with van der Waals surface area (Å²) in [6.45, 7) is 1.49. The molecule has 0 saturated carbocycles. The predicted molar refractivity (Wildman–Crippen MR) is 73.1 cm³/mol. The molecule has 0 saturated heterocycles. The molecule has 1 atom stereocenters. The smallest absolute Gasteiger partial charge is 0.387 e.